The summed E-state index contributed by atoms with van der Waals surface area (Å²) in [7, 11) is 1.78. The highest BCUT2D eigenvalue weighted by Gasteiger charge is 2.19. The van der Waals surface area contributed by atoms with Crippen molar-refractivity contribution >= 4 is 5.91 Å². The normalized spacial score (nSPS) is 11.0. The zero-order chi connectivity index (χ0) is 20.1. The second-order valence-electron chi connectivity index (χ2n) is 6.87. The van der Waals surface area contributed by atoms with Gasteiger partial charge in [0, 0.05) is 39.0 Å². The molecule has 0 atom stereocenters. The Bertz CT molecular complexity index is 946. The van der Waals surface area contributed by atoms with E-state index in [1.807, 2.05) is 12.4 Å². The van der Waals surface area contributed by atoms with Crippen molar-refractivity contribution in [3.8, 4) is 5.69 Å². The minimum Gasteiger partial charge on any atom is -0.342 e. The summed E-state index contributed by atoms with van der Waals surface area (Å²) in [6.45, 7) is 5.49. The molecule has 0 aliphatic rings. The number of amides is 1. The topological polar surface area (TPSA) is 56.0 Å². The van der Waals surface area contributed by atoms with Crippen molar-refractivity contribution in [3.63, 3.8) is 0 Å². The van der Waals surface area contributed by atoms with Gasteiger partial charge in [-0.2, -0.15) is 5.10 Å². The summed E-state index contributed by atoms with van der Waals surface area (Å²) in [5.74, 6) is 0.562. The van der Waals surface area contributed by atoms with Gasteiger partial charge in [0.05, 0.1) is 17.5 Å². The molecule has 148 valence electrons. The molecule has 0 aliphatic carbocycles. The number of hydrogen-bond acceptors (Lipinski definition) is 3. The maximum absolute atomic E-state index is 14.0. The van der Waals surface area contributed by atoms with Crippen molar-refractivity contribution in [2.24, 2.45) is 0 Å². The zero-order valence-corrected chi connectivity index (χ0v) is 16.6. The Balaban J connectivity index is 1.64. The van der Waals surface area contributed by atoms with Crippen molar-refractivity contribution < 1.29 is 9.18 Å². The van der Waals surface area contributed by atoms with Gasteiger partial charge in [-0.1, -0.05) is 19.1 Å². The molecule has 0 N–H and O–H groups in total. The lowest BCUT2D eigenvalue weighted by Gasteiger charge is -2.17. The summed E-state index contributed by atoms with van der Waals surface area (Å²) < 4.78 is 17.7. The number of aryl methyl sites for hydroxylation is 2. The lowest BCUT2D eigenvalue weighted by atomic mass is 10.2. The molecule has 0 fully saturated rings. The van der Waals surface area contributed by atoms with Crippen molar-refractivity contribution in [1.29, 1.82) is 0 Å². The Labute approximate surface area is 164 Å². The Morgan fingerprint density at radius 1 is 1.29 bits per heavy atom. The van der Waals surface area contributed by atoms with Crippen LogP contribution in [-0.4, -0.2) is 43.7 Å². The highest BCUT2D eigenvalue weighted by atomic mass is 19.1. The molecule has 0 radical (unpaired) electrons. The SMILES string of the molecule is CCCn1ccnc1CCCN(C)C(=O)c1cnn(-c2ccccc2F)c1C. The second-order valence-corrected chi connectivity index (χ2v) is 6.87. The van der Waals surface area contributed by atoms with E-state index in [9.17, 15) is 9.18 Å². The van der Waals surface area contributed by atoms with E-state index in [4.69, 9.17) is 0 Å². The van der Waals surface area contributed by atoms with E-state index in [0.717, 1.165) is 31.6 Å². The van der Waals surface area contributed by atoms with Gasteiger partial charge in [0.1, 0.15) is 17.3 Å². The highest BCUT2D eigenvalue weighted by Crippen LogP contribution is 2.18. The van der Waals surface area contributed by atoms with Gasteiger partial charge in [-0.15, -0.1) is 0 Å². The molecule has 0 unspecified atom stereocenters. The smallest absolute Gasteiger partial charge is 0.257 e. The van der Waals surface area contributed by atoms with E-state index < -0.39 is 0 Å². The summed E-state index contributed by atoms with van der Waals surface area (Å²) in [5.41, 5.74) is 1.45. The van der Waals surface area contributed by atoms with Crippen LogP contribution >= 0.6 is 0 Å². The number of benzene rings is 1. The molecule has 0 saturated carbocycles. The van der Waals surface area contributed by atoms with Gasteiger partial charge in [-0.3, -0.25) is 4.79 Å². The highest BCUT2D eigenvalue weighted by molar-refractivity contribution is 5.95. The molecule has 28 heavy (non-hydrogen) atoms. The van der Waals surface area contributed by atoms with Gasteiger partial charge in [0.15, 0.2) is 0 Å². The molecule has 0 spiro atoms. The number of rotatable bonds is 8. The molecule has 0 bridgehead atoms. The van der Waals surface area contributed by atoms with Crippen LogP contribution in [0.4, 0.5) is 4.39 Å². The number of nitrogens with zero attached hydrogens (tertiary/aromatic N) is 5. The van der Waals surface area contributed by atoms with Gasteiger partial charge in [-0.25, -0.2) is 14.1 Å². The Morgan fingerprint density at radius 3 is 2.82 bits per heavy atom. The lowest BCUT2D eigenvalue weighted by Crippen LogP contribution is -2.28. The Kier molecular flexibility index (Phi) is 6.23. The van der Waals surface area contributed by atoms with Crippen LogP contribution in [0, 0.1) is 12.7 Å². The zero-order valence-electron chi connectivity index (χ0n) is 16.6. The van der Waals surface area contributed by atoms with Crippen LogP contribution < -0.4 is 0 Å². The number of para-hydroxylation sites is 1. The fourth-order valence-corrected chi connectivity index (χ4v) is 3.28. The van der Waals surface area contributed by atoms with E-state index in [-0.39, 0.29) is 11.7 Å². The number of carbonyl (C=O) groups excluding carboxylic acids is 1. The minimum absolute atomic E-state index is 0.114. The first-order valence-electron chi connectivity index (χ1n) is 9.58. The maximum Gasteiger partial charge on any atom is 0.257 e. The van der Waals surface area contributed by atoms with Gasteiger partial charge >= 0.3 is 0 Å². The van der Waals surface area contributed by atoms with Crippen LogP contribution in [0.2, 0.25) is 0 Å². The number of aromatic nitrogens is 4. The lowest BCUT2D eigenvalue weighted by molar-refractivity contribution is 0.0792. The second kappa shape index (κ2) is 8.82. The summed E-state index contributed by atoms with van der Waals surface area (Å²) in [6, 6.07) is 6.40. The first-order valence-corrected chi connectivity index (χ1v) is 9.58. The third-order valence-corrected chi connectivity index (χ3v) is 4.83. The summed E-state index contributed by atoms with van der Waals surface area (Å²) in [6.07, 6.45) is 8.03. The average Bonchev–Trinajstić information content (AvgIpc) is 3.28. The van der Waals surface area contributed by atoms with E-state index in [1.165, 1.54) is 16.9 Å². The Morgan fingerprint density at radius 2 is 2.07 bits per heavy atom. The number of imidazole rings is 1. The van der Waals surface area contributed by atoms with E-state index in [2.05, 4.69) is 21.6 Å². The first-order chi connectivity index (χ1) is 13.5. The molecule has 1 aromatic carbocycles. The van der Waals surface area contributed by atoms with Crippen LogP contribution in [-0.2, 0) is 13.0 Å². The predicted octanol–water partition coefficient (Wildman–Crippen LogP) is 3.63. The molecule has 7 heteroatoms. The number of hydrogen-bond donors (Lipinski definition) is 0. The van der Waals surface area contributed by atoms with Crippen LogP contribution in [0.5, 0.6) is 0 Å². The fourth-order valence-electron chi connectivity index (χ4n) is 3.28. The van der Waals surface area contributed by atoms with Crippen LogP contribution in [0.3, 0.4) is 0 Å². The predicted molar refractivity (Wildman–Crippen MR) is 106 cm³/mol. The van der Waals surface area contributed by atoms with Gasteiger partial charge < -0.3 is 9.47 Å². The van der Waals surface area contributed by atoms with E-state index in [0.29, 0.717) is 23.5 Å². The van der Waals surface area contributed by atoms with Crippen molar-refractivity contribution in [2.45, 2.75) is 39.7 Å². The molecule has 2 aromatic heterocycles. The van der Waals surface area contributed by atoms with E-state index in [1.54, 1.807) is 37.1 Å². The molecule has 0 aliphatic heterocycles. The first kappa shape index (κ1) is 19.8. The molecular formula is C21H26FN5O. The van der Waals surface area contributed by atoms with Crippen LogP contribution in [0.25, 0.3) is 5.69 Å². The number of halogens is 1. The van der Waals surface area contributed by atoms with Crippen molar-refractivity contribution in [2.75, 3.05) is 13.6 Å². The number of carbonyl (C=O) groups is 1. The van der Waals surface area contributed by atoms with Gasteiger partial charge in [0.2, 0.25) is 0 Å². The molecule has 3 rings (SSSR count). The van der Waals surface area contributed by atoms with Gasteiger partial charge in [0.25, 0.3) is 5.91 Å². The maximum atomic E-state index is 14.0. The monoisotopic (exact) mass is 383 g/mol. The molecular weight excluding hydrogens is 357 g/mol. The standard InChI is InChI=1S/C21H26FN5O/c1-4-12-26-14-11-23-20(26)10-7-13-25(3)21(28)17-15-24-27(16(17)2)19-9-6-5-8-18(19)22/h5-6,8-9,11,14-15H,4,7,10,12-13H2,1-3H3. The third kappa shape index (κ3) is 4.13. The fraction of sp³-hybridized carbons (Fsp3) is 0.381. The summed E-state index contributed by atoms with van der Waals surface area (Å²) in [5, 5.41) is 4.22. The molecule has 6 nitrogen and oxygen atoms in total. The van der Waals surface area contributed by atoms with Crippen LogP contribution in [0.15, 0.2) is 42.9 Å². The molecule has 1 amide bonds. The Hall–Kier alpha value is -2.96. The third-order valence-electron chi connectivity index (χ3n) is 4.83. The summed E-state index contributed by atoms with van der Waals surface area (Å²) >= 11 is 0. The van der Waals surface area contributed by atoms with Crippen molar-refractivity contribution in [1.82, 2.24) is 24.2 Å². The largest absolute Gasteiger partial charge is 0.342 e. The van der Waals surface area contributed by atoms with E-state index >= 15 is 0 Å². The molecule has 3 aromatic rings. The quantitative estimate of drug-likeness (QED) is 0.597. The average molecular weight is 383 g/mol. The molecule has 2 heterocycles. The summed E-state index contributed by atoms with van der Waals surface area (Å²) in [4.78, 5) is 18.9. The van der Waals surface area contributed by atoms with Crippen LogP contribution in [0.1, 0.15) is 41.6 Å². The minimum atomic E-state index is -0.372. The van der Waals surface area contributed by atoms with Crippen molar-refractivity contribution in [3.05, 3.63) is 65.8 Å². The molecule has 0 saturated heterocycles. The van der Waals surface area contributed by atoms with Gasteiger partial charge in [-0.05, 0) is 31.9 Å².